The molecule has 1 aliphatic rings. The van der Waals surface area contributed by atoms with Crippen molar-refractivity contribution >= 4 is 23.1 Å². The van der Waals surface area contributed by atoms with E-state index in [2.05, 4.69) is 4.98 Å². The lowest BCUT2D eigenvalue weighted by atomic mass is 10.3. The second-order valence-electron chi connectivity index (χ2n) is 5.71. The lowest BCUT2D eigenvalue weighted by Crippen LogP contribution is -2.35. The smallest absolute Gasteiger partial charge is 0.407 e. The fraction of sp³-hybridized carbons (Fsp3) is 0.467. The van der Waals surface area contributed by atoms with E-state index in [0.717, 1.165) is 4.57 Å². The van der Waals surface area contributed by atoms with Crippen molar-refractivity contribution in [3.63, 3.8) is 0 Å². The molecule has 1 saturated heterocycles. The summed E-state index contributed by atoms with van der Waals surface area (Å²) < 4.78 is 40.1. The topological polar surface area (TPSA) is 61.6 Å². The van der Waals surface area contributed by atoms with Crippen molar-refractivity contribution in [2.45, 2.75) is 19.1 Å². The Balaban J connectivity index is 1.96. The van der Waals surface area contributed by atoms with Crippen molar-refractivity contribution in [1.29, 1.82) is 0 Å². The number of aromatic nitrogens is 2. The van der Waals surface area contributed by atoms with Gasteiger partial charge in [-0.25, -0.2) is 9.78 Å². The third-order valence-corrected chi connectivity index (χ3v) is 4.02. The van der Waals surface area contributed by atoms with Crippen LogP contribution in [0.2, 0.25) is 0 Å². The summed E-state index contributed by atoms with van der Waals surface area (Å²) in [4.78, 5) is 18.4. The lowest BCUT2D eigenvalue weighted by molar-refractivity contribution is -0.139. The molecule has 0 aliphatic carbocycles. The molecule has 0 radical (unpaired) electrons. The first-order valence-electron chi connectivity index (χ1n) is 7.60. The summed E-state index contributed by atoms with van der Waals surface area (Å²) in [6.07, 6.45) is -4.83. The van der Waals surface area contributed by atoms with E-state index in [-0.39, 0.29) is 12.5 Å². The molecule has 9 heteroatoms. The number of hydrogen-bond acceptors (Lipinski definition) is 3. The Kier molecular flexibility index (Phi) is 4.25. The molecular weight excluding hydrogens is 325 g/mol. The Labute approximate surface area is 136 Å². The fourth-order valence-electron chi connectivity index (χ4n) is 2.95. The van der Waals surface area contributed by atoms with E-state index >= 15 is 0 Å². The Morgan fingerprint density at radius 2 is 1.92 bits per heavy atom. The summed E-state index contributed by atoms with van der Waals surface area (Å²) in [5, 5.41) is 9.08. The van der Waals surface area contributed by atoms with Crippen LogP contribution in [0.1, 0.15) is 6.42 Å². The van der Waals surface area contributed by atoms with E-state index in [1.165, 1.54) is 4.90 Å². The van der Waals surface area contributed by atoms with Gasteiger partial charge in [0, 0.05) is 26.2 Å². The first-order chi connectivity index (χ1) is 11.3. The number of carboxylic acid groups (broad SMARTS) is 1. The first kappa shape index (κ1) is 16.4. The summed E-state index contributed by atoms with van der Waals surface area (Å²) >= 11 is 0. The Hall–Kier alpha value is -2.45. The molecule has 2 aromatic rings. The summed E-state index contributed by atoms with van der Waals surface area (Å²) in [5.74, 6) is 0.237. The SMILES string of the molecule is O=C(O)N1CCCN(c2nc3ccccc3n2CC(F)(F)F)CC1. The van der Waals surface area contributed by atoms with Crippen LogP contribution in [0.15, 0.2) is 24.3 Å². The number of carbonyl (C=O) groups is 1. The maximum absolute atomic E-state index is 13.0. The quantitative estimate of drug-likeness (QED) is 0.912. The molecule has 0 bridgehead atoms. The van der Waals surface area contributed by atoms with Gasteiger partial charge in [0.15, 0.2) is 0 Å². The Bertz CT molecular complexity index is 744. The third kappa shape index (κ3) is 3.39. The van der Waals surface area contributed by atoms with Crippen LogP contribution < -0.4 is 4.90 Å². The monoisotopic (exact) mass is 342 g/mol. The number of hydrogen-bond donors (Lipinski definition) is 1. The zero-order valence-electron chi connectivity index (χ0n) is 12.8. The molecule has 1 aromatic heterocycles. The van der Waals surface area contributed by atoms with Crippen molar-refractivity contribution in [2.75, 3.05) is 31.1 Å². The molecule has 130 valence electrons. The second kappa shape index (κ2) is 6.21. The van der Waals surface area contributed by atoms with Crippen LogP contribution in [0.4, 0.5) is 23.9 Å². The van der Waals surface area contributed by atoms with Gasteiger partial charge in [-0.1, -0.05) is 12.1 Å². The number of halogens is 3. The van der Waals surface area contributed by atoms with Crippen LogP contribution in [-0.2, 0) is 6.54 Å². The Morgan fingerprint density at radius 1 is 1.17 bits per heavy atom. The van der Waals surface area contributed by atoms with Gasteiger partial charge in [-0.2, -0.15) is 13.2 Å². The number of anilines is 1. The highest BCUT2D eigenvalue weighted by Gasteiger charge is 2.32. The molecule has 3 rings (SSSR count). The molecule has 0 spiro atoms. The number of amides is 1. The molecule has 6 nitrogen and oxygen atoms in total. The predicted molar refractivity (Wildman–Crippen MR) is 82.2 cm³/mol. The van der Waals surface area contributed by atoms with Crippen LogP contribution in [0.5, 0.6) is 0 Å². The minimum Gasteiger partial charge on any atom is -0.465 e. The molecule has 1 aliphatic heterocycles. The van der Waals surface area contributed by atoms with Gasteiger partial charge in [-0.3, -0.25) is 0 Å². The van der Waals surface area contributed by atoms with E-state index in [1.807, 2.05) is 0 Å². The van der Waals surface area contributed by atoms with Crippen LogP contribution in [0, 0.1) is 0 Å². The number of nitrogens with zero attached hydrogens (tertiary/aromatic N) is 4. The summed E-state index contributed by atoms with van der Waals surface area (Å²) in [5.41, 5.74) is 0.917. The van der Waals surface area contributed by atoms with Crippen LogP contribution in [0.25, 0.3) is 11.0 Å². The highest BCUT2D eigenvalue weighted by molar-refractivity contribution is 5.79. The average Bonchev–Trinajstić information content (AvgIpc) is 2.70. The minimum absolute atomic E-state index is 0.237. The average molecular weight is 342 g/mol. The molecule has 0 atom stereocenters. The van der Waals surface area contributed by atoms with E-state index in [4.69, 9.17) is 5.11 Å². The van der Waals surface area contributed by atoms with Crippen LogP contribution in [0.3, 0.4) is 0 Å². The van der Waals surface area contributed by atoms with Gasteiger partial charge in [0.1, 0.15) is 6.54 Å². The minimum atomic E-state index is -4.36. The van der Waals surface area contributed by atoms with Crippen molar-refractivity contribution in [3.05, 3.63) is 24.3 Å². The summed E-state index contributed by atoms with van der Waals surface area (Å²) in [6, 6.07) is 6.69. The standard InChI is InChI=1S/C15H17F3N4O2/c16-15(17,18)10-22-12-5-2-1-4-11(12)19-13(22)20-6-3-7-21(9-8-20)14(23)24/h1-2,4-5H,3,6-10H2,(H,23,24). The number of alkyl halides is 3. The van der Waals surface area contributed by atoms with Gasteiger partial charge < -0.3 is 19.5 Å². The number of benzene rings is 1. The van der Waals surface area contributed by atoms with Gasteiger partial charge in [0.05, 0.1) is 11.0 Å². The lowest BCUT2D eigenvalue weighted by Gasteiger charge is -2.23. The van der Waals surface area contributed by atoms with E-state index in [1.54, 1.807) is 29.2 Å². The molecular formula is C15H17F3N4O2. The maximum atomic E-state index is 13.0. The molecule has 2 heterocycles. The van der Waals surface area contributed by atoms with Crippen LogP contribution >= 0.6 is 0 Å². The Morgan fingerprint density at radius 3 is 2.62 bits per heavy atom. The van der Waals surface area contributed by atoms with Crippen LogP contribution in [-0.4, -0.2) is 58.0 Å². The first-order valence-corrected chi connectivity index (χ1v) is 7.60. The molecule has 24 heavy (non-hydrogen) atoms. The van der Waals surface area contributed by atoms with Gasteiger partial charge >= 0.3 is 12.3 Å². The number of imidazole rings is 1. The second-order valence-corrected chi connectivity index (χ2v) is 5.71. The zero-order chi connectivity index (χ0) is 17.3. The number of rotatable bonds is 2. The molecule has 0 saturated carbocycles. The van der Waals surface area contributed by atoms with Gasteiger partial charge in [0.2, 0.25) is 5.95 Å². The van der Waals surface area contributed by atoms with Gasteiger partial charge in [0.25, 0.3) is 0 Å². The van der Waals surface area contributed by atoms with Crippen molar-refractivity contribution < 1.29 is 23.1 Å². The molecule has 0 unspecified atom stereocenters. The molecule has 1 fully saturated rings. The molecule has 1 aromatic carbocycles. The van der Waals surface area contributed by atoms with Crippen molar-refractivity contribution in [1.82, 2.24) is 14.5 Å². The largest absolute Gasteiger partial charge is 0.465 e. The highest BCUT2D eigenvalue weighted by Crippen LogP contribution is 2.28. The highest BCUT2D eigenvalue weighted by atomic mass is 19.4. The number of fused-ring (bicyclic) bond motifs is 1. The summed E-state index contributed by atoms with van der Waals surface area (Å²) in [7, 11) is 0. The van der Waals surface area contributed by atoms with E-state index in [9.17, 15) is 18.0 Å². The molecule has 1 N–H and O–H groups in total. The van der Waals surface area contributed by atoms with E-state index in [0.29, 0.717) is 37.1 Å². The predicted octanol–water partition coefficient (Wildman–Crippen LogP) is 2.79. The van der Waals surface area contributed by atoms with Crippen molar-refractivity contribution in [2.24, 2.45) is 0 Å². The van der Waals surface area contributed by atoms with Gasteiger partial charge in [-0.05, 0) is 18.6 Å². The number of para-hydroxylation sites is 2. The van der Waals surface area contributed by atoms with E-state index < -0.39 is 18.8 Å². The van der Waals surface area contributed by atoms with Gasteiger partial charge in [-0.15, -0.1) is 0 Å². The summed E-state index contributed by atoms with van der Waals surface area (Å²) in [6.45, 7) is 0.260. The zero-order valence-corrected chi connectivity index (χ0v) is 12.8. The third-order valence-electron chi connectivity index (χ3n) is 4.02. The normalized spacial score (nSPS) is 16.5. The fourth-order valence-corrected chi connectivity index (χ4v) is 2.95. The maximum Gasteiger partial charge on any atom is 0.407 e. The van der Waals surface area contributed by atoms with Crippen molar-refractivity contribution in [3.8, 4) is 0 Å². The molecule has 1 amide bonds.